The highest BCUT2D eigenvalue weighted by Gasteiger charge is 2.18. The Balaban J connectivity index is 2.47. The molecule has 0 fully saturated rings. The molecular weight excluding hydrogens is 278 g/mol. The van der Waals surface area contributed by atoms with E-state index in [0.717, 1.165) is 0 Å². The summed E-state index contributed by atoms with van der Waals surface area (Å²) in [6, 6.07) is 6.43. The second kappa shape index (κ2) is 5.91. The summed E-state index contributed by atoms with van der Waals surface area (Å²) >= 11 is 0. The lowest BCUT2D eigenvalue weighted by molar-refractivity contribution is 0.103. The van der Waals surface area contributed by atoms with Crippen LogP contribution < -0.4 is 9.47 Å². The minimum Gasteiger partial charge on any atom is -0.493 e. The van der Waals surface area contributed by atoms with Crippen LogP contribution in [0.15, 0.2) is 30.3 Å². The predicted octanol–water partition coefficient (Wildman–Crippen LogP) is 3.52. The summed E-state index contributed by atoms with van der Waals surface area (Å²) in [7, 11) is 2.91. The molecule has 0 aliphatic heterocycles. The van der Waals surface area contributed by atoms with Crippen LogP contribution in [-0.4, -0.2) is 20.0 Å². The highest BCUT2D eigenvalue weighted by Crippen LogP contribution is 2.29. The Hall–Kier alpha value is -2.43. The number of aryl methyl sites for hydroxylation is 1. The number of carbonyl (C=O) groups excluding carboxylic acids is 1. The molecule has 3 nitrogen and oxygen atoms in total. The van der Waals surface area contributed by atoms with Gasteiger partial charge in [-0.25, -0.2) is 8.78 Å². The van der Waals surface area contributed by atoms with Gasteiger partial charge in [0.1, 0.15) is 11.6 Å². The van der Waals surface area contributed by atoms with Gasteiger partial charge in [-0.15, -0.1) is 0 Å². The molecule has 0 atom stereocenters. The summed E-state index contributed by atoms with van der Waals surface area (Å²) in [4.78, 5) is 12.3. The number of methoxy groups -OCH3 is 2. The highest BCUT2D eigenvalue weighted by molar-refractivity contribution is 6.09. The van der Waals surface area contributed by atoms with Gasteiger partial charge < -0.3 is 9.47 Å². The first kappa shape index (κ1) is 15.0. The molecule has 0 spiro atoms. The van der Waals surface area contributed by atoms with Crippen LogP contribution in [-0.2, 0) is 0 Å². The summed E-state index contributed by atoms with van der Waals surface area (Å²) in [5.41, 5.74) is 0.263. The van der Waals surface area contributed by atoms with Crippen molar-refractivity contribution in [3.63, 3.8) is 0 Å². The number of rotatable bonds is 4. The highest BCUT2D eigenvalue weighted by atomic mass is 19.1. The fourth-order valence-electron chi connectivity index (χ4n) is 1.96. The van der Waals surface area contributed by atoms with E-state index in [2.05, 4.69) is 0 Å². The number of benzene rings is 2. The Morgan fingerprint density at radius 2 is 1.62 bits per heavy atom. The molecule has 0 amide bonds. The van der Waals surface area contributed by atoms with Crippen molar-refractivity contribution in [3.8, 4) is 11.5 Å². The van der Waals surface area contributed by atoms with Gasteiger partial charge in [-0.05, 0) is 36.8 Å². The molecule has 0 heterocycles. The lowest BCUT2D eigenvalue weighted by Gasteiger charge is -2.10. The Morgan fingerprint density at radius 3 is 2.24 bits per heavy atom. The molecule has 2 aromatic carbocycles. The van der Waals surface area contributed by atoms with Gasteiger partial charge in [0, 0.05) is 11.6 Å². The zero-order valence-electron chi connectivity index (χ0n) is 11.9. The molecule has 0 aliphatic rings. The second-order valence-electron chi connectivity index (χ2n) is 4.48. The Labute approximate surface area is 121 Å². The Kier molecular flexibility index (Phi) is 4.21. The molecule has 0 aliphatic carbocycles. The predicted molar refractivity (Wildman–Crippen MR) is 74.1 cm³/mol. The summed E-state index contributed by atoms with van der Waals surface area (Å²) in [5.74, 6) is -1.29. The first-order valence-electron chi connectivity index (χ1n) is 6.20. The number of halogens is 2. The van der Waals surface area contributed by atoms with Gasteiger partial charge in [0.05, 0.1) is 19.8 Å². The Bertz CT molecular complexity index is 696. The number of carbonyl (C=O) groups is 1. The molecule has 0 aromatic heterocycles. The van der Waals surface area contributed by atoms with Gasteiger partial charge in [-0.3, -0.25) is 4.79 Å². The molecule has 0 saturated heterocycles. The summed E-state index contributed by atoms with van der Waals surface area (Å²) in [6.07, 6.45) is 0. The van der Waals surface area contributed by atoms with E-state index in [0.29, 0.717) is 17.6 Å². The van der Waals surface area contributed by atoms with Crippen molar-refractivity contribution in [3.05, 3.63) is 58.7 Å². The quantitative estimate of drug-likeness (QED) is 0.809. The average molecular weight is 292 g/mol. The number of hydrogen-bond donors (Lipinski definition) is 0. The zero-order chi connectivity index (χ0) is 15.6. The lowest BCUT2D eigenvalue weighted by Crippen LogP contribution is -2.06. The lowest BCUT2D eigenvalue weighted by atomic mass is 10.0. The van der Waals surface area contributed by atoms with Crippen molar-refractivity contribution in [1.29, 1.82) is 0 Å². The smallest absolute Gasteiger partial charge is 0.196 e. The molecule has 0 bridgehead atoms. The monoisotopic (exact) mass is 292 g/mol. The summed E-state index contributed by atoms with van der Waals surface area (Å²) < 4.78 is 37.2. The van der Waals surface area contributed by atoms with E-state index in [1.807, 2.05) is 0 Å². The maximum absolute atomic E-state index is 13.8. The second-order valence-corrected chi connectivity index (χ2v) is 4.48. The summed E-state index contributed by atoms with van der Waals surface area (Å²) in [5, 5.41) is 0. The van der Waals surface area contributed by atoms with Crippen molar-refractivity contribution in [2.24, 2.45) is 0 Å². The standard InChI is InChI=1S/C16H14F2O3/c1-9-6-11(13(18)8-12(9)17)16(19)10-4-5-14(20-2)15(7-10)21-3/h4-8H,1-3H3. The first-order valence-corrected chi connectivity index (χ1v) is 6.20. The van der Waals surface area contributed by atoms with E-state index in [4.69, 9.17) is 9.47 Å². The third kappa shape index (κ3) is 2.86. The van der Waals surface area contributed by atoms with Crippen LogP contribution in [0.2, 0.25) is 0 Å². The average Bonchev–Trinajstić information content (AvgIpc) is 2.49. The van der Waals surface area contributed by atoms with Gasteiger partial charge in [0.25, 0.3) is 0 Å². The van der Waals surface area contributed by atoms with Gasteiger partial charge >= 0.3 is 0 Å². The molecular formula is C16H14F2O3. The first-order chi connectivity index (χ1) is 9.97. The maximum atomic E-state index is 13.8. The Morgan fingerprint density at radius 1 is 0.952 bits per heavy atom. The van der Waals surface area contributed by atoms with Crippen molar-refractivity contribution in [2.75, 3.05) is 14.2 Å². The molecule has 0 unspecified atom stereocenters. The van der Waals surface area contributed by atoms with Crippen LogP contribution in [0.3, 0.4) is 0 Å². The molecule has 0 radical (unpaired) electrons. The summed E-state index contributed by atoms with van der Waals surface area (Å²) in [6.45, 7) is 1.47. The minimum absolute atomic E-state index is 0.180. The molecule has 0 N–H and O–H groups in total. The van der Waals surface area contributed by atoms with Crippen molar-refractivity contribution in [1.82, 2.24) is 0 Å². The van der Waals surface area contributed by atoms with Gasteiger partial charge in [0.2, 0.25) is 0 Å². The van der Waals surface area contributed by atoms with E-state index < -0.39 is 17.4 Å². The normalized spacial score (nSPS) is 10.3. The minimum atomic E-state index is -0.891. The number of hydrogen-bond acceptors (Lipinski definition) is 3. The fraction of sp³-hybridized carbons (Fsp3) is 0.188. The van der Waals surface area contributed by atoms with Gasteiger partial charge in [-0.1, -0.05) is 0 Å². The largest absolute Gasteiger partial charge is 0.493 e. The van der Waals surface area contributed by atoms with Crippen LogP contribution in [0.5, 0.6) is 11.5 Å². The third-order valence-electron chi connectivity index (χ3n) is 3.14. The van der Waals surface area contributed by atoms with E-state index in [1.165, 1.54) is 39.3 Å². The zero-order valence-corrected chi connectivity index (χ0v) is 11.9. The van der Waals surface area contributed by atoms with E-state index in [-0.39, 0.29) is 16.7 Å². The van der Waals surface area contributed by atoms with E-state index in [1.54, 1.807) is 6.07 Å². The SMILES string of the molecule is COc1ccc(C(=O)c2cc(C)c(F)cc2F)cc1OC. The van der Waals surface area contributed by atoms with Crippen molar-refractivity contribution in [2.45, 2.75) is 6.92 Å². The van der Waals surface area contributed by atoms with E-state index in [9.17, 15) is 13.6 Å². The maximum Gasteiger partial charge on any atom is 0.196 e. The number of ketones is 1. The van der Waals surface area contributed by atoms with Crippen LogP contribution >= 0.6 is 0 Å². The van der Waals surface area contributed by atoms with Crippen LogP contribution in [0, 0.1) is 18.6 Å². The number of ether oxygens (including phenoxy) is 2. The van der Waals surface area contributed by atoms with Crippen molar-refractivity contribution >= 4 is 5.78 Å². The topological polar surface area (TPSA) is 35.5 Å². The van der Waals surface area contributed by atoms with E-state index >= 15 is 0 Å². The van der Waals surface area contributed by atoms with Crippen molar-refractivity contribution < 1.29 is 23.0 Å². The third-order valence-corrected chi connectivity index (χ3v) is 3.14. The van der Waals surface area contributed by atoms with Gasteiger partial charge in [-0.2, -0.15) is 0 Å². The molecule has 21 heavy (non-hydrogen) atoms. The van der Waals surface area contributed by atoms with Crippen LogP contribution in [0.1, 0.15) is 21.5 Å². The molecule has 0 saturated carbocycles. The van der Waals surface area contributed by atoms with Crippen LogP contribution in [0.25, 0.3) is 0 Å². The molecule has 110 valence electrons. The van der Waals surface area contributed by atoms with Gasteiger partial charge in [0.15, 0.2) is 17.3 Å². The fourth-order valence-corrected chi connectivity index (χ4v) is 1.96. The molecule has 2 rings (SSSR count). The molecule has 5 heteroatoms. The van der Waals surface area contributed by atoms with Crippen LogP contribution in [0.4, 0.5) is 8.78 Å². The molecule has 2 aromatic rings.